The molecule has 3 heteroatoms. The Morgan fingerprint density at radius 1 is 1.06 bits per heavy atom. The molecule has 86 valence electrons. The summed E-state index contributed by atoms with van der Waals surface area (Å²) in [6.45, 7) is 0.191. The van der Waals surface area contributed by atoms with Crippen molar-refractivity contribution in [2.24, 2.45) is 0 Å². The first-order valence-corrected chi connectivity index (χ1v) is 5.22. The Morgan fingerprint density at radius 3 is 2.53 bits per heavy atom. The molecule has 0 amide bonds. The zero-order chi connectivity index (χ0) is 12.1. The largest absolute Gasteiger partial charge is 0.457 e. The molecule has 0 saturated carbocycles. The van der Waals surface area contributed by atoms with E-state index in [0.29, 0.717) is 0 Å². The molecule has 0 aliphatic heterocycles. The van der Waals surface area contributed by atoms with Crippen LogP contribution in [0.5, 0.6) is 0 Å². The van der Waals surface area contributed by atoms with Gasteiger partial charge in [0.25, 0.3) is 0 Å². The number of benzene rings is 2. The lowest BCUT2D eigenvalue weighted by atomic mass is 10.2. The van der Waals surface area contributed by atoms with Crippen molar-refractivity contribution in [3.8, 4) is 0 Å². The molecule has 17 heavy (non-hydrogen) atoms. The van der Waals surface area contributed by atoms with Gasteiger partial charge in [0.2, 0.25) is 0 Å². The Kier molecular flexibility index (Phi) is 3.50. The SMILES string of the molecule is O=C(OCc1ccccc1)c1cccc(F)c1. The van der Waals surface area contributed by atoms with Crippen molar-refractivity contribution in [2.45, 2.75) is 6.61 Å². The summed E-state index contributed by atoms with van der Waals surface area (Å²) in [5.41, 5.74) is 1.12. The summed E-state index contributed by atoms with van der Waals surface area (Å²) in [6.07, 6.45) is 0. The zero-order valence-electron chi connectivity index (χ0n) is 9.10. The second-order valence-corrected chi connectivity index (χ2v) is 3.57. The van der Waals surface area contributed by atoms with Gasteiger partial charge in [-0.3, -0.25) is 0 Å². The van der Waals surface area contributed by atoms with Crippen molar-refractivity contribution in [2.75, 3.05) is 0 Å². The van der Waals surface area contributed by atoms with E-state index in [1.807, 2.05) is 30.3 Å². The molecule has 0 aromatic heterocycles. The minimum Gasteiger partial charge on any atom is -0.457 e. The van der Waals surface area contributed by atoms with Crippen LogP contribution in [0.4, 0.5) is 4.39 Å². The molecule has 0 heterocycles. The molecular weight excluding hydrogens is 219 g/mol. The monoisotopic (exact) mass is 230 g/mol. The number of hydrogen-bond donors (Lipinski definition) is 0. The third kappa shape index (κ3) is 3.14. The van der Waals surface area contributed by atoms with Crippen LogP contribution in [0.1, 0.15) is 15.9 Å². The summed E-state index contributed by atoms with van der Waals surface area (Å²) in [6, 6.07) is 14.8. The number of ether oxygens (including phenoxy) is 1. The minimum atomic E-state index is -0.520. The number of hydrogen-bond acceptors (Lipinski definition) is 2. The van der Waals surface area contributed by atoms with Gasteiger partial charge in [0.15, 0.2) is 0 Å². The van der Waals surface area contributed by atoms with Gasteiger partial charge in [-0.05, 0) is 23.8 Å². The van der Waals surface area contributed by atoms with Crippen LogP contribution in [0.25, 0.3) is 0 Å². The lowest BCUT2D eigenvalue weighted by Gasteiger charge is -2.04. The Morgan fingerprint density at radius 2 is 1.82 bits per heavy atom. The van der Waals surface area contributed by atoms with Gasteiger partial charge in [-0.25, -0.2) is 9.18 Å². The third-order valence-corrected chi connectivity index (χ3v) is 2.27. The van der Waals surface area contributed by atoms with Crippen LogP contribution < -0.4 is 0 Å². The van der Waals surface area contributed by atoms with Gasteiger partial charge in [0, 0.05) is 0 Å². The van der Waals surface area contributed by atoms with E-state index in [4.69, 9.17) is 4.74 Å². The molecule has 2 aromatic rings. The lowest BCUT2D eigenvalue weighted by molar-refractivity contribution is 0.0472. The Balaban J connectivity index is 1.98. The standard InChI is InChI=1S/C14H11FO2/c15-13-8-4-7-12(9-13)14(16)17-10-11-5-2-1-3-6-11/h1-9H,10H2. The molecule has 0 radical (unpaired) electrons. The molecule has 0 atom stereocenters. The van der Waals surface area contributed by atoms with Crippen LogP contribution in [-0.2, 0) is 11.3 Å². The van der Waals surface area contributed by atoms with E-state index in [9.17, 15) is 9.18 Å². The second-order valence-electron chi connectivity index (χ2n) is 3.57. The third-order valence-electron chi connectivity index (χ3n) is 2.27. The van der Waals surface area contributed by atoms with Crippen LogP contribution >= 0.6 is 0 Å². The number of halogens is 1. The molecule has 0 aliphatic rings. The topological polar surface area (TPSA) is 26.3 Å². The number of carbonyl (C=O) groups excluding carboxylic acids is 1. The Bertz CT molecular complexity index is 509. The second kappa shape index (κ2) is 5.25. The number of carbonyl (C=O) groups is 1. The Labute approximate surface area is 98.7 Å². The average Bonchev–Trinajstić information content (AvgIpc) is 2.37. The van der Waals surface area contributed by atoms with E-state index in [2.05, 4.69) is 0 Å². The maximum absolute atomic E-state index is 12.9. The van der Waals surface area contributed by atoms with E-state index in [1.54, 1.807) is 0 Å². The van der Waals surface area contributed by atoms with Crippen LogP contribution in [-0.4, -0.2) is 5.97 Å². The van der Waals surface area contributed by atoms with Gasteiger partial charge >= 0.3 is 5.97 Å². The van der Waals surface area contributed by atoms with Gasteiger partial charge in [-0.1, -0.05) is 36.4 Å². The van der Waals surface area contributed by atoms with E-state index in [0.717, 1.165) is 11.6 Å². The lowest BCUT2D eigenvalue weighted by Crippen LogP contribution is -2.05. The quantitative estimate of drug-likeness (QED) is 0.757. The van der Waals surface area contributed by atoms with Crippen LogP contribution in [0.15, 0.2) is 54.6 Å². The molecular formula is C14H11FO2. The maximum Gasteiger partial charge on any atom is 0.338 e. The summed E-state index contributed by atoms with van der Waals surface area (Å²) in [4.78, 5) is 11.6. The highest BCUT2D eigenvalue weighted by molar-refractivity contribution is 5.89. The van der Waals surface area contributed by atoms with E-state index in [1.165, 1.54) is 18.2 Å². The molecule has 2 aromatic carbocycles. The minimum absolute atomic E-state index is 0.191. The van der Waals surface area contributed by atoms with Crippen molar-refractivity contribution < 1.29 is 13.9 Å². The predicted molar refractivity (Wildman–Crippen MR) is 62.0 cm³/mol. The molecule has 0 aliphatic carbocycles. The molecule has 0 saturated heterocycles. The molecule has 0 unspecified atom stereocenters. The molecule has 0 fully saturated rings. The molecule has 0 N–H and O–H groups in total. The summed E-state index contributed by atoms with van der Waals surface area (Å²) in [5.74, 6) is -0.965. The van der Waals surface area contributed by atoms with Crippen LogP contribution in [0.2, 0.25) is 0 Å². The molecule has 2 nitrogen and oxygen atoms in total. The highest BCUT2D eigenvalue weighted by Crippen LogP contribution is 2.07. The Hall–Kier alpha value is -2.16. The smallest absolute Gasteiger partial charge is 0.338 e. The van der Waals surface area contributed by atoms with Gasteiger partial charge in [0.05, 0.1) is 5.56 Å². The highest BCUT2D eigenvalue weighted by Gasteiger charge is 2.07. The number of rotatable bonds is 3. The van der Waals surface area contributed by atoms with Gasteiger partial charge in [-0.15, -0.1) is 0 Å². The number of esters is 1. The van der Waals surface area contributed by atoms with Crippen molar-refractivity contribution in [1.82, 2.24) is 0 Å². The van der Waals surface area contributed by atoms with Crippen LogP contribution in [0.3, 0.4) is 0 Å². The average molecular weight is 230 g/mol. The van der Waals surface area contributed by atoms with E-state index in [-0.39, 0.29) is 12.2 Å². The fourth-order valence-corrected chi connectivity index (χ4v) is 1.42. The first-order chi connectivity index (χ1) is 8.25. The first-order valence-electron chi connectivity index (χ1n) is 5.22. The van der Waals surface area contributed by atoms with Gasteiger partial charge < -0.3 is 4.74 Å². The predicted octanol–water partition coefficient (Wildman–Crippen LogP) is 3.18. The van der Waals surface area contributed by atoms with Gasteiger partial charge in [-0.2, -0.15) is 0 Å². The fraction of sp³-hybridized carbons (Fsp3) is 0.0714. The van der Waals surface area contributed by atoms with Crippen molar-refractivity contribution in [1.29, 1.82) is 0 Å². The highest BCUT2D eigenvalue weighted by atomic mass is 19.1. The van der Waals surface area contributed by atoms with E-state index < -0.39 is 11.8 Å². The summed E-state index contributed by atoms with van der Waals surface area (Å²) in [5, 5.41) is 0. The van der Waals surface area contributed by atoms with Crippen LogP contribution in [0, 0.1) is 5.82 Å². The van der Waals surface area contributed by atoms with Crippen molar-refractivity contribution >= 4 is 5.97 Å². The molecule has 0 bridgehead atoms. The summed E-state index contributed by atoms with van der Waals surface area (Å²) < 4.78 is 17.9. The zero-order valence-corrected chi connectivity index (χ0v) is 9.10. The van der Waals surface area contributed by atoms with Crippen molar-refractivity contribution in [3.05, 3.63) is 71.5 Å². The fourth-order valence-electron chi connectivity index (χ4n) is 1.42. The summed E-state index contributed by atoms with van der Waals surface area (Å²) in [7, 11) is 0. The first kappa shape index (κ1) is 11.3. The maximum atomic E-state index is 12.9. The summed E-state index contributed by atoms with van der Waals surface area (Å²) >= 11 is 0. The molecule has 2 rings (SSSR count). The normalized spacial score (nSPS) is 9.94. The van der Waals surface area contributed by atoms with E-state index >= 15 is 0 Å². The van der Waals surface area contributed by atoms with Crippen molar-refractivity contribution in [3.63, 3.8) is 0 Å². The van der Waals surface area contributed by atoms with Gasteiger partial charge in [0.1, 0.15) is 12.4 Å². The molecule has 0 spiro atoms.